The number of amides is 1. The second-order valence-corrected chi connectivity index (χ2v) is 6.51. The Balaban J connectivity index is 0.00000676. The summed E-state index contributed by atoms with van der Waals surface area (Å²) in [5.74, 6) is 0.850. The molecule has 0 saturated carbocycles. The van der Waals surface area contributed by atoms with E-state index in [-0.39, 0.29) is 29.9 Å². The number of benzene rings is 1. The van der Waals surface area contributed by atoms with Gasteiger partial charge in [-0.25, -0.2) is 0 Å². The second-order valence-electron chi connectivity index (χ2n) is 6.51. The van der Waals surface area contributed by atoms with E-state index in [1.165, 1.54) is 6.42 Å². The first kappa shape index (κ1) is 25.6. The van der Waals surface area contributed by atoms with Crippen molar-refractivity contribution in [3.63, 3.8) is 0 Å². The minimum Gasteiger partial charge on any atom is -0.356 e. The third-order valence-electron chi connectivity index (χ3n) is 4.22. The number of hydrogen-bond acceptors (Lipinski definition) is 3. The zero-order valence-corrected chi connectivity index (χ0v) is 19.7. The van der Waals surface area contributed by atoms with Gasteiger partial charge < -0.3 is 20.4 Å². The van der Waals surface area contributed by atoms with Crippen LogP contribution >= 0.6 is 24.0 Å². The lowest BCUT2D eigenvalue weighted by Gasteiger charge is -2.20. The van der Waals surface area contributed by atoms with Gasteiger partial charge >= 0.3 is 0 Å². The molecule has 1 aromatic rings. The summed E-state index contributed by atoms with van der Waals surface area (Å²) in [6, 6.07) is 7.81. The summed E-state index contributed by atoms with van der Waals surface area (Å²) in [6.45, 7) is 9.26. The molecule has 2 N–H and O–H groups in total. The molecule has 7 heteroatoms. The Morgan fingerprint density at radius 1 is 1.11 bits per heavy atom. The van der Waals surface area contributed by atoms with Crippen molar-refractivity contribution >= 4 is 35.8 Å². The molecule has 0 aromatic heterocycles. The van der Waals surface area contributed by atoms with Crippen molar-refractivity contribution < 1.29 is 4.79 Å². The Bertz CT molecular complexity index is 577. The monoisotopic (exact) mass is 489 g/mol. The molecule has 1 aromatic carbocycles. The minimum atomic E-state index is 0. The summed E-state index contributed by atoms with van der Waals surface area (Å²) >= 11 is 0. The fourth-order valence-electron chi connectivity index (χ4n) is 2.74. The predicted octanol–water partition coefficient (Wildman–Crippen LogP) is 2.45. The number of carbonyl (C=O) groups is 1. The number of likely N-dealkylation sites (N-methyl/N-ethyl adjacent to an activating group) is 1. The zero-order chi connectivity index (χ0) is 19.4. The number of nitrogens with zero attached hydrogens (tertiary/aromatic N) is 3. The third kappa shape index (κ3) is 9.95. The summed E-state index contributed by atoms with van der Waals surface area (Å²) in [4.78, 5) is 20.3. The molecule has 0 bridgehead atoms. The summed E-state index contributed by atoms with van der Waals surface area (Å²) in [5.41, 5.74) is 1.87. The SMILES string of the molecule is CCCN(CC)CCNC(=NC)NCCc1cccc(C(=O)N(C)C)c1.I. The highest BCUT2D eigenvalue weighted by Crippen LogP contribution is 2.07. The van der Waals surface area contributed by atoms with E-state index in [9.17, 15) is 4.79 Å². The van der Waals surface area contributed by atoms with Crippen LogP contribution in [0.1, 0.15) is 36.2 Å². The summed E-state index contributed by atoms with van der Waals surface area (Å²) in [6.07, 6.45) is 2.02. The maximum atomic E-state index is 12.0. The third-order valence-corrected chi connectivity index (χ3v) is 4.22. The lowest BCUT2D eigenvalue weighted by Crippen LogP contribution is -2.42. The maximum absolute atomic E-state index is 12.0. The van der Waals surface area contributed by atoms with Gasteiger partial charge in [0.05, 0.1) is 0 Å². The van der Waals surface area contributed by atoms with Crippen LogP contribution in [0.5, 0.6) is 0 Å². The molecule has 0 unspecified atom stereocenters. The van der Waals surface area contributed by atoms with Crippen molar-refractivity contribution in [3.8, 4) is 0 Å². The van der Waals surface area contributed by atoms with Gasteiger partial charge in [0, 0.05) is 46.3 Å². The van der Waals surface area contributed by atoms with Crippen LogP contribution in [0.2, 0.25) is 0 Å². The molecule has 0 aliphatic rings. The van der Waals surface area contributed by atoms with Crippen molar-refractivity contribution in [2.45, 2.75) is 26.7 Å². The molecule has 6 nitrogen and oxygen atoms in total. The number of rotatable bonds is 10. The highest BCUT2D eigenvalue weighted by molar-refractivity contribution is 14.0. The Hall–Kier alpha value is -1.35. The molecule has 0 spiro atoms. The molecule has 0 aliphatic carbocycles. The summed E-state index contributed by atoms with van der Waals surface area (Å²) in [7, 11) is 5.33. The smallest absolute Gasteiger partial charge is 0.253 e. The topological polar surface area (TPSA) is 60.0 Å². The number of carbonyl (C=O) groups excluding carboxylic acids is 1. The first-order chi connectivity index (χ1) is 12.5. The first-order valence-electron chi connectivity index (χ1n) is 9.49. The number of aliphatic imine (C=N–C) groups is 1. The van der Waals surface area contributed by atoms with Gasteiger partial charge in [-0.3, -0.25) is 9.79 Å². The quantitative estimate of drug-likeness (QED) is 0.301. The molecular weight excluding hydrogens is 453 g/mol. The van der Waals surface area contributed by atoms with Crippen molar-refractivity contribution in [1.82, 2.24) is 20.4 Å². The second kappa shape index (κ2) is 14.7. The first-order valence-corrected chi connectivity index (χ1v) is 9.49. The molecule has 0 aliphatic heterocycles. The van der Waals surface area contributed by atoms with Crippen LogP contribution in [0.15, 0.2) is 29.3 Å². The van der Waals surface area contributed by atoms with Crippen molar-refractivity contribution in [1.29, 1.82) is 0 Å². The van der Waals surface area contributed by atoms with E-state index < -0.39 is 0 Å². The average Bonchev–Trinajstić information content (AvgIpc) is 2.65. The van der Waals surface area contributed by atoms with Crippen LogP contribution in [-0.4, -0.2) is 75.5 Å². The molecule has 0 atom stereocenters. The van der Waals surface area contributed by atoms with Crippen LogP contribution in [0.3, 0.4) is 0 Å². The van der Waals surface area contributed by atoms with E-state index in [0.29, 0.717) is 0 Å². The number of nitrogens with one attached hydrogen (secondary N) is 2. The zero-order valence-electron chi connectivity index (χ0n) is 17.4. The van der Waals surface area contributed by atoms with E-state index >= 15 is 0 Å². The van der Waals surface area contributed by atoms with Gasteiger partial charge in [0.25, 0.3) is 5.91 Å². The van der Waals surface area contributed by atoms with Crippen LogP contribution in [0, 0.1) is 0 Å². The van der Waals surface area contributed by atoms with Gasteiger partial charge in [-0.1, -0.05) is 26.0 Å². The summed E-state index contributed by atoms with van der Waals surface area (Å²) < 4.78 is 0. The highest BCUT2D eigenvalue weighted by atomic mass is 127. The average molecular weight is 489 g/mol. The molecule has 27 heavy (non-hydrogen) atoms. The van der Waals surface area contributed by atoms with E-state index in [0.717, 1.165) is 56.2 Å². The normalized spacial score (nSPS) is 11.1. The lowest BCUT2D eigenvalue weighted by atomic mass is 10.1. The van der Waals surface area contributed by atoms with Crippen LogP contribution in [-0.2, 0) is 6.42 Å². The fourth-order valence-corrected chi connectivity index (χ4v) is 2.74. The Morgan fingerprint density at radius 2 is 1.81 bits per heavy atom. The number of halogens is 1. The molecule has 1 rings (SSSR count). The molecule has 0 radical (unpaired) electrons. The fraction of sp³-hybridized carbons (Fsp3) is 0.600. The van der Waals surface area contributed by atoms with Crippen molar-refractivity contribution in [2.24, 2.45) is 4.99 Å². The van der Waals surface area contributed by atoms with E-state index in [2.05, 4.69) is 34.4 Å². The van der Waals surface area contributed by atoms with Crippen LogP contribution in [0.25, 0.3) is 0 Å². The van der Waals surface area contributed by atoms with E-state index in [4.69, 9.17) is 0 Å². The predicted molar refractivity (Wildman–Crippen MR) is 125 cm³/mol. The van der Waals surface area contributed by atoms with Crippen molar-refractivity contribution in [2.75, 3.05) is 53.9 Å². The largest absolute Gasteiger partial charge is 0.356 e. The molecule has 0 heterocycles. The Labute approximate surface area is 181 Å². The molecule has 1 amide bonds. The van der Waals surface area contributed by atoms with Gasteiger partial charge in [-0.05, 0) is 43.6 Å². The van der Waals surface area contributed by atoms with Crippen molar-refractivity contribution in [3.05, 3.63) is 35.4 Å². The van der Waals surface area contributed by atoms with Gasteiger partial charge in [0.2, 0.25) is 0 Å². The van der Waals surface area contributed by atoms with E-state index in [1.807, 2.05) is 24.3 Å². The highest BCUT2D eigenvalue weighted by Gasteiger charge is 2.08. The standard InChI is InChI=1S/C20H35N5O.HI/c1-6-14-25(7-2)15-13-23-20(21-3)22-12-11-17-9-8-10-18(16-17)19(26)24(4)5;/h8-10,16H,6-7,11-15H2,1-5H3,(H2,21,22,23);1H. The van der Waals surface area contributed by atoms with Crippen LogP contribution < -0.4 is 10.6 Å². The van der Waals surface area contributed by atoms with E-state index in [1.54, 1.807) is 26.0 Å². The summed E-state index contributed by atoms with van der Waals surface area (Å²) in [5, 5.41) is 6.70. The number of hydrogen-bond donors (Lipinski definition) is 2. The van der Waals surface area contributed by atoms with Gasteiger partial charge in [-0.2, -0.15) is 0 Å². The molecule has 0 saturated heterocycles. The minimum absolute atomic E-state index is 0. The molecular formula is C20H36IN5O. The van der Waals surface area contributed by atoms with Gasteiger partial charge in [-0.15, -0.1) is 24.0 Å². The Kier molecular flexibility index (Phi) is 13.9. The Morgan fingerprint density at radius 3 is 2.41 bits per heavy atom. The lowest BCUT2D eigenvalue weighted by molar-refractivity contribution is 0.0827. The van der Waals surface area contributed by atoms with Gasteiger partial charge in [0.1, 0.15) is 0 Å². The van der Waals surface area contributed by atoms with Gasteiger partial charge in [0.15, 0.2) is 5.96 Å². The van der Waals surface area contributed by atoms with Crippen LogP contribution in [0.4, 0.5) is 0 Å². The molecule has 154 valence electrons. The molecule has 0 fully saturated rings. The maximum Gasteiger partial charge on any atom is 0.253 e. The number of guanidine groups is 1.